The zero-order valence-electron chi connectivity index (χ0n) is 15.0. The summed E-state index contributed by atoms with van der Waals surface area (Å²) in [5.41, 5.74) is 6.36. The average Bonchev–Trinajstić information content (AvgIpc) is 2.85. The Morgan fingerprint density at radius 3 is 2.69 bits per heavy atom. The molecule has 0 aliphatic carbocycles. The van der Waals surface area contributed by atoms with Gasteiger partial charge in [0.25, 0.3) is 5.91 Å². The first kappa shape index (κ1) is 20.0. The maximum Gasteiger partial charge on any atom is 0.257 e. The van der Waals surface area contributed by atoms with Crippen LogP contribution in [-0.2, 0) is 16.0 Å². The molecule has 26 heavy (non-hydrogen) atoms. The minimum atomic E-state index is -0.278. The van der Waals surface area contributed by atoms with Crippen molar-refractivity contribution in [2.45, 2.75) is 32.1 Å². The van der Waals surface area contributed by atoms with E-state index in [4.69, 9.17) is 17.0 Å². The molecule has 0 aromatic heterocycles. The van der Waals surface area contributed by atoms with Crippen LogP contribution in [0.4, 0.5) is 0 Å². The Morgan fingerprint density at radius 1 is 1.19 bits per heavy atom. The molecule has 0 atom stereocenters. The van der Waals surface area contributed by atoms with E-state index < -0.39 is 0 Å². The van der Waals surface area contributed by atoms with Gasteiger partial charge in [-0.1, -0.05) is 18.6 Å². The van der Waals surface area contributed by atoms with Crippen molar-refractivity contribution in [2.75, 3.05) is 26.7 Å². The highest BCUT2D eigenvalue weighted by Crippen LogP contribution is 2.11. The molecule has 1 saturated heterocycles. The van der Waals surface area contributed by atoms with Crippen molar-refractivity contribution in [3.63, 3.8) is 0 Å². The zero-order valence-corrected chi connectivity index (χ0v) is 15.9. The first-order chi connectivity index (χ1) is 12.6. The minimum Gasteiger partial charge on any atom is -0.497 e. The number of hydrazine groups is 1. The van der Waals surface area contributed by atoms with E-state index in [-0.39, 0.29) is 18.4 Å². The number of likely N-dealkylation sites (tertiary alicyclic amines) is 1. The number of benzene rings is 1. The van der Waals surface area contributed by atoms with Gasteiger partial charge in [0.2, 0.25) is 5.91 Å². The molecule has 142 valence electrons. The number of ether oxygens (including phenoxy) is 1. The number of nitrogens with zero attached hydrogens (tertiary/aromatic N) is 1. The van der Waals surface area contributed by atoms with Crippen LogP contribution in [0.5, 0.6) is 5.75 Å². The second-order valence-corrected chi connectivity index (χ2v) is 6.56. The van der Waals surface area contributed by atoms with E-state index in [2.05, 4.69) is 16.2 Å². The molecule has 3 N–H and O–H groups in total. The van der Waals surface area contributed by atoms with Crippen LogP contribution in [-0.4, -0.2) is 48.6 Å². The summed E-state index contributed by atoms with van der Waals surface area (Å²) in [4.78, 5) is 25.4. The Balaban J connectivity index is 1.62. The summed E-state index contributed by atoms with van der Waals surface area (Å²) in [6.45, 7) is 1.33. The number of methoxy groups -OCH3 is 1. The number of rotatable bonds is 6. The average molecular weight is 378 g/mol. The number of amides is 2. The number of hydrogen-bond acceptors (Lipinski definition) is 4. The van der Waals surface area contributed by atoms with Crippen molar-refractivity contribution in [1.29, 1.82) is 0 Å². The van der Waals surface area contributed by atoms with Crippen molar-refractivity contribution in [3.8, 4) is 5.75 Å². The van der Waals surface area contributed by atoms with Gasteiger partial charge >= 0.3 is 0 Å². The molecule has 0 unspecified atom stereocenters. The van der Waals surface area contributed by atoms with Gasteiger partial charge < -0.3 is 15.0 Å². The molecule has 1 aliphatic rings. The highest BCUT2D eigenvalue weighted by Gasteiger charge is 2.19. The van der Waals surface area contributed by atoms with E-state index >= 15 is 0 Å². The molecule has 0 saturated carbocycles. The number of thiocarbonyl (C=S) groups is 1. The molecule has 1 aromatic rings. The molecular weight excluding hydrogens is 352 g/mol. The van der Waals surface area contributed by atoms with Crippen LogP contribution in [0, 0.1) is 0 Å². The Labute approximate surface area is 159 Å². The predicted octanol–water partition coefficient (Wildman–Crippen LogP) is 1.14. The molecule has 0 bridgehead atoms. The van der Waals surface area contributed by atoms with Gasteiger partial charge in [0, 0.05) is 19.5 Å². The third-order valence-electron chi connectivity index (χ3n) is 4.18. The summed E-state index contributed by atoms with van der Waals surface area (Å²) >= 11 is 5.14. The first-order valence-corrected chi connectivity index (χ1v) is 9.22. The van der Waals surface area contributed by atoms with Crippen LogP contribution < -0.4 is 20.9 Å². The molecule has 1 fully saturated rings. The van der Waals surface area contributed by atoms with Crippen molar-refractivity contribution in [2.24, 2.45) is 0 Å². The summed E-state index contributed by atoms with van der Waals surface area (Å²) in [6.07, 6.45) is 4.19. The molecular formula is C18H26N4O3S. The maximum absolute atomic E-state index is 12.0. The lowest BCUT2D eigenvalue weighted by Gasteiger charge is -2.20. The zero-order chi connectivity index (χ0) is 18.8. The van der Waals surface area contributed by atoms with Crippen molar-refractivity contribution in [3.05, 3.63) is 29.8 Å². The van der Waals surface area contributed by atoms with E-state index in [1.165, 1.54) is 0 Å². The van der Waals surface area contributed by atoms with Crippen molar-refractivity contribution < 1.29 is 14.3 Å². The lowest BCUT2D eigenvalue weighted by Crippen LogP contribution is -2.50. The number of carbonyl (C=O) groups excluding carboxylic acids is 2. The van der Waals surface area contributed by atoms with Crippen LogP contribution >= 0.6 is 12.2 Å². The molecule has 2 rings (SSSR count). The predicted molar refractivity (Wildman–Crippen MR) is 104 cm³/mol. The molecule has 0 spiro atoms. The van der Waals surface area contributed by atoms with Crippen LogP contribution in [0.15, 0.2) is 24.3 Å². The Morgan fingerprint density at radius 2 is 1.96 bits per heavy atom. The Hall–Kier alpha value is -2.35. The van der Waals surface area contributed by atoms with E-state index in [9.17, 15) is 9.59 Å². The molecule has 1 aromatic carbocycles. The van der Waals surface area contributed by atoms with Gasteiger partial charge in [-0.3, -0.25) is 20.4 Å². The van der Waals surface area contributed by atoms with Gasteiger partial charge in [-0.05, 0) is 49.2 Å². The summed E-state index contributed by atoms with van der Waals surface area (Å²) in [5.74, 6) is 0.585. The fraction of sp³-hybridized carbons (Fsp3) is 0.500. The molecule has 1 heterocycles. The standard InChI is InChI=1S/C18H26N4O3S/c1-25-15-8-6-14(7-9-15)10-11-19-18(26)21-20-16(23)13-22-12-4-2-3-5-17(22)24/h6-9H,2-5,10-13H2,1H3,(H,20,23)(H2,19,21,26). The topological polar surface area (TPSA) is 82.7 Å². The maximum atomic E-state index is 12.0. The number of carbonyl (C=O) groups is 2. The monoisotopic (exact) mass is 378 g/mol. The lowest BCUT2D eigenvalue weighted by molar-refractivity contribution is -0.135. The van der Waals surface area contributed by atoms with Gasteiger partial charge in [0.15, 0.2) is 5.11 Å². The fourth-order valence-corrected chi connectivity index (χ4v) is 2.85. The third kappa shape index (κ3) is 6.87. The quantitative estimate of drug-likeness (QED) is 0.509. The van der Waals surface area contributed by atoms with Crippen LogP contribution in [0.1, 0.15) is 31.2 Å². The molecule has 2 amide bonds. The van der Waals surface area contributed by atoms with E-state index in [0.29, 0.717) is 24.6 Å². The summed E-state index contributed by atoms with van der Waals surface area (Å²) in [6, 6.07) is 7.82. The normalized spacial score (nSPS) is 14.3. The third-order valence-corrected chi connectivity index (χ3v) is 4.43. The molecule has 7 nitrogen and oxygen atoms in total. The molecule has 1 aliphatic heterocycles. The SMILES string of the molecule is COc1ccc(CCNC(=S)NNC(=O)CN2CCCCCC2=O)cc1. The lowest BCUT2D eigenvalue weighted by atomic mass is 10.1. The molecule has 0 radical (unpaired) electrons. The first-order valence-electron chi connectivity index (χ1n) is 8.82. The summed E-state index contributed by atoms with van der Waals surface area (Å²) < 4.78 is 5.12. The van der Waals surface area contributed by atoms with Crippen molar-refractivity contribution in [1.82, 2.24) is 21.1 Å². The van der Waals surface area contributed by atoms with Gasteiger partial charge in [-0.25, -0.2) is 0 Å². The summed E-state index contributed by atoms with van der Waals surface area (Å²) in [5, 5.41) is 3.37. The summed E-state index contributed by atoms with van der Waals surface area (Å²) in [7, 11) is 1.64. The Bertz CT molecular complexity index is 621. The molecule has 8 heteroatoms. The smallest absolute Gasteiger partial charge is 0.257 e. The fourth-order valence-electron chi connectivity index (χ4n) is 2.70. The Kier molecular flexibility index (Phi) is 8.14. The highest BCUT2D eigenvalue weighted by atomic mass is 32.1. The highest BCUT2D eigenvalue weighted by molar-refractivity contribution is 7.80. The van der Waals surface area contributed by atoms with Crippen molar-refractivity contribution >= 4 is 29.1 Å². The number of hydrogen-bond donors (Lipinski definition) is 3. The van der Waals surface area contributed by atoms with Crippen LogP contribution in [0.25, 0.3) is 0 Å². The van der Waals surface area contributed by atoms with E-state index in [0.717, 1.165) is 37.0 Å². The van der Waals surface area contributed by atoms with Gasteiger partial charge in [-0.2, -0.15) is 0 Å². The van der Waals surface area contributed by atoms with Crippen LogP contribution in [0.2, 0.25) is 0 Å². The largest absolute Gasteiger partial charge is 0.497 e. The van der Waals surface area contributed by atoms with Crippen LogP contribution in [0.3, 0.4) is 0 Å². The number of nitrogens with one attached hydrogen (secondary N) is 3. The van der Waals surface area contributed by atoms with E-state index in [1.807, 2.05) is 24.3 Å². The second-order valence-electron chi connectivity index (χ2n) is 6.15. The van der Waals surface area contributed by atoms with Gasteiger partial charge in [0.1, 0.15) is 12.3 Å². The van der Waals surface area contributed by atoms with Gasteiger partial charge in [0.05, 0.1) is 7.11 Å². The second kappa shape index (κ2) is 10.6. The minimum absolute atomic E-state index is 0.0397. The van der Waals surface area contributed by atoms with E-state index in [1.54, 1.807) is 12.0 Å². The van der Waals surface area contributed by atoms with Gasteiger partial charge in [-0.15, -0.1) is 0 Å².